The number of ether oxygens (including phenoxy) is 2. The summed E-state index contributed by atoms with van der Waals surface area (Å²) in [4.78, 5) is 11.5. The second kappa shape index (κ2) is 10.5. The van der Waals surface area contributed by atoms with Crippen molar-refractivity contribution in [1.82, 2.24) is 30.6 Å². The van der Waals surface area contributed by atoms with Crippen molar-refractivity contribution in [3.63, 3.8) is 0 Å². The minimum Gasteiger partial charge on any atom is -0.493 e. The van der Waals surface area contributed by atoms with Gasteiger partial charge in [-0.15, -0.1) is 21.5 Å². The third-order valence-electron chi connectivity index (χ3n) is 5.52. The van der Waals surface area contributed by atoms with Crippen LogP contribution >= 0.6 is 23.1 Å². The lowest BCUT2D eigenvalue weighted by Gasteiger charge is -2.08. The number of nitrogens with one attached hydrogen (secondary N) is 1. The molecule has 8 nitrogen and oxygen atoms in total. The van der Waals surface area contributed by atoms with E-state index in [4.69, 9.17) is 9.47 Å². The monoisotopic (exact) mass is 516 g/mol. The lowest BCUT2D eigenvalue weighted by Crippen LogP contribution is -1.93. The van der Waals surface area contributed by atoms with Crippen molar-refractivity contribution >= 4 is 23.1 Å². The molecule has 1 N–H and O–H groups in total. The molecule has 0 aliphatic heterocycles. The number of thioether (sulfide) groups is 1. The number of aromatic amines is 1. The number of aromatic nitrogens is 6. The molecule has 2 aromatic carbocycles. The van der Waals surface area contributed by atoms with Gasteiger partial charge in [0.05, 0.1) is 14.2 Å². The molecule has 0 atom stereocenters. The first-order chi connectivity index (χ1) is 17.5. The zero-order valence-corrected chi connectivity index (χ0v) is 21.9. The molecule has 0 saturated heterocycles. The Hall–Kier alpha value is -3.76. The first-order valence-electron chi connectivity index (χ1n) is 11.2. The van der Waals surface area contributed by atoms with Gasteiger partial charge in [0, 0.05) is 32.5 Å². The summed E-state index contributed by atoms with van der Waals surface area (Å²) in [6.45, 7) is 3.99. The van der Waals surface area contributed by atoms with Crippen LogP contribution in [0.4, 0.5) is 0 Å². The number of thiophene rings is 1. The van der Waals surface area contributed by atoms with Crippen molar-refractivity contribution in [3.8, 4) is 43.8 Å². The van der Waals surface area contributed by atoms with E-state index < -0.39 is 0 Å². The number of hydrogen-bond acceptors (Lipinski definition) is 9. The number of methoxy groups -OCH3 is 2. The van der Waals surface area contributed by atoms with E-state index in [0.717, 1.165) is 43.9 Å². The molecule has 3 aromatic heterocycles. The molecule has 0 radical (unpaired) electrons. The highest BCUT2D eigenvalue weighted by Crippen LogP contribution is 2.43. The number of tetrazole rings is 1. The molecule has 0 aliphatic rings. The van der Waals surface area contributed by atoms with Crippen molar-refractivity contribution in [1.29, 1.82) is 0 Å². The molecule has 0 spiro atoms. The molecule has 0 aliphatic carbocycles. The first-order valence-corrected chi connectivity index (χ1v) is 13.0. The van der Waals surface area contributed by atoms with Gasteiger partial charge in [-0.3, -0.25) is 0 Å². The number of benzene rings is 2. The van der Waals surface area contributed by atoms with E-state index in [2.05, 4.69) is 54.9 Å². The van der Waals surface area contributed by atoms with Crippen LogP contribution in [0.1, 0.15) is 17.0 Å². The van der Waals surface area contributed by atoms with E-state index in [1.54, 1.807) is 37.3 Å². The van der Waals surface area contributed by atoms with Gasteiger partial charge in [0.15, 0.2) is 16.7 Å². The standard InChI is InChI=1S/C26H24N6O2S2/c1-15-10-16(2)28-26(27-15)35-14-20-13-23(17-8-9-21(33-3)22(12-17)34-4)36-24(20)18-6-5-7-19(11-18)25-29-31-32-30-25/h5-13H,14H2,1-4H3,(H,29,30,31,32). The van der Waals surface area contributed by atoms with E-state index in [0.29, 0.717) is 17.3 Å². The number of aryl methyl sites for hydroxylation is 2. The van der Waals surface area contributed by atoms with Gasteiger partial charge in [-0.1, -0.05) is 30.0 Å². The van der Waals surface area contributed by atoms with Crippen molar-refractivity contribution in [2.75, 3.05) is 14.2 Å². The Balaban J connectivity index is 1.56. The fraction of sp³-hybridized carbons (Fsp3) is 0.192. The van der Waals surface area contributed by atoms with Crippen LogP contribution in [0.3, 0.4) is 0 Å². The Kier molecular flexibility index (Phi) is 6.97. The SMILES string of the molecule is COc1ccc(-c2cc(CSc3nc(C)cc(C)n3)c(-c3cccc(-c4nn[nH]n4)c3)s2)cc1OC. The van der Waals surface area contributed by atoms with Gasteiger partial charge in [-0.25, -0.2) is 9.97 Å². The fourth-order valence-electron chi connectivity index (χ4n) is 3.90. The predicted octanol–water partition coefficient (Wildman–Crippen LogP) is 5.98. The van der Waals surface area contributed by atoms with Crippen LogP contribution < -0.4 is 9.47 Å². The summed E-state index contributed by atoms with van der Waals surface area (Å²) >= 11 is 3.37. The summed E-state index contributed by atoms with van der Waals surface area (Å²) in [5.74, 6) is 2.69. The van der Waals surface area contributed by atoms with Crippen LogP contribution in [0.2, 0.25) is 0 Å². The molecule has 3 heterocycles. The average Bonchev–Trinajstić information content (AvgIpc) is 3.57. The van der Waals surface area contributed by atoms with Gasteiger partial charge in [0.25, 0.3) is 0 Å². The second-order valence-electron chi connectivity index (χ2n) is 8.07. The highest BCUT2D eigenvalue weighted by Gasteiger charge is 2.16. The highest BCUT2D eigenvalue weighted by molar-refractivity contribution is 7.98. The first kappa shape index (κ1) is 24.0. The Morgan fingerprint density at radius 3 is 2.36 bits per heavy atom. The predicted molar refractivity (Wildman–Crippen MR) is 143 cm³/mol. The highest BCUT2D eigenvalue weighted by atomic mass is 32.2. The lowest BCUT2D eigenvalue weighted by atomic mass is 10.1. The zero-order chi connectivity index (χ0) is 25.1. The van der Waals surface area contributed by atoms with Crippen molar-refractivity contribution in [2.45, 2.75) is 24.8 Å². The van der Waals surface area contributed by atoms with E-state index in [-0.39, 0.29) is 0 Å². The Morgan fingerprint density at radius 1 is 0.861 bits per heavy atom. The third kappa shape index (κ3) is 5.09. The fourth-order valence-corrected chi connectivity index (χ4v) is 6.09. The minimum absolute atomic E-state index is 0.563. The summed E-state index contributed by atoms with van der Waals surface area (Å²) in [6.07, 6.45) is 0. The lowest BCUT2D eigenvalue weighted by molar-refractivity contribution is 0.355. The maximum absolute atomic E-state index is 5.54. The molecule has 0 amide bonds. The van der Waals surface area contributed by atoms with E-state index in [9.17, 15) is 0 Å². The minimum atomic E-state index is 0.563. The van der Waals surface area contributed by atoms with Gasteiger partial charge in [-0.2, -0.15) is 5.21 Å². The summed E-state index contributed by atoms with van der Waals surface area (Å²) in [5, 5.41) is 15.3. The third-order valence-corrected chi connectivity index (χ3v) is 7.70. The summed E-state index contributed by atoms with van der Waals surface area (Å²) in [5.41, 5.74) is 6.18. The molecule has 0 unspecified atom stereocenters. The van der Waals surface area contributed by atoms with Crippen LogP contribution in [0.15, 0.2) is 59.8 Å². The molecular formula is C26H24N6O2S2. The molecule has 0 bridgehead atoms. The van der Waals surface area contributed by atoms with Crippen molar-refractivity contribution < 1.29 is 9.47 Å². The van der Waals surface area contributed by atoms with E-state index in [1.807, 2.05) is 44.2 Å². The van der Waals surface area contributed by atoms with Gasteiger partial charge >= 0.3 is 0 Å². The van der Waals surface area contributed by atoms with E-state index in [1.165, 1.54) is 10.4 Å². The number of H-pyrrole nitrogens is 1. The van der Waals surface area contributed by atoms with Crippen molar-refractivity contribution in [2.24, 2.45) is 0 Å². The van der Waals surface area contributed by atoms with Crippen LogP contribution in [0, 0.1) is 13.8 Å². The summed E-state index contributed by atoms with van der Waals surface area (Å²) in [6, 6.07) is 18.4. The molecule has 5 rings (SSSR count). The Bertz CT molecular complexity index is 1480. The normalized spacial score (nSPS) is 11.0. The maximum atomic E-state index is 5.54. The van der Waals surface area contributed by atoms with Gasteiger partial charge in [-0.05, 0) is 72.1 Å². The molecule has 5 aromatic rings. The Labute approximate surface area is 217 Å². The molecule has 182 valence electrons. The van der Waals surface area contributed by atoms with Crippen LogP contribution in [-0.4, -0.2) is 44.8 Å². The number of nitrogens with zero attached hydrogens (tertiary/aromatic N) is 5. The zero-order valence-electron chi connectivity index (χ0n) is 20.3. The maximum Gasteiger partial charge on any atom is 0.204 e. The molecule has 36 heavy (non-hydrogen) atoms. The summed E-state index contributed by atoms with van der Waals surface area (Å²) < 4.78 is 11.0. The van der Waals surface area contributed by atoms with Gasteiger partial charge in [0.1, 0.15) is 0 Å². The molecule has 10 heteroatoms. The largest absolute Gasteiger partial charge is 0.493 e. The second-order valence-corrected chi connectivity index (χ2v) is 10.1. The van der Waals surface area contributed by atoms with Crippen molar-refractivity contribution in [3.05, 3.63) is 71.5 Å². The molecule has 0 fully saturated rings. The van der Waals surface area contributed by atoms with Crippen LogP contribution in [0.25, 0.3) is 32.3 Å². The quantitative estimate of drug-likeness (QED) is 0.199. The Morgan fingerprint density at radius 2 is 1.64 bits per heavy atom. The summed E-state index contributed by atoms with van der Waals surface area (Å²) in [7, 11) is 3.29. The van der Waals surface area contributed by atoms with Crippen LogP contribution in [0.5, 0.6) is 11.5 Å². The number of hydrogen-bond donors (Lipinski definition) is 1. The average molecular weight is 517 g/mol. The van der Waals surface area contributed by atoms with Crippen LogP contribution in [-0.2, 0) is 5.75 Å². The smallest absolute Gasteiger partial charge is 0.204 e. The van der Waals surface area contributed by atoms with Gasteiger partial charge in [0.2, 0.25) is 5.82 Å². The molecular weight excluding hydrogens is 492 g/mol. The topological polar surface area (TPSA) is 98.7 Å². The number of rotatable bonds is 8. The molecule has 0 saturated carbocycles. The van der Waals surface area contributed by atoms with Gasteiger partial charge < -0.3 is 9.47 Å². The van der Waals surface area contributed by atoms with E-state index >= 15 is 0 Å².